The molecule has 1 aromatic heterocycles. The zero-order valence-electron chi connectivity index (χ0n) is 12.1. The number of hydrogen-bond donors (Lipinski definition) is 1. The first kappa shape index (κ1) is 14.4. The fourth-order valence-corrected chi connectivity index (χ4v) is 3.03. The van der Waals surface area contributed by atoms with Crippen molar-refractivity contribution in [3.05, 3.63) is 65.5 Å². The molecule has 1 heterocycles. The van der Waals surface area contributed by atoms with Crippen molar-refractivity contribution in [3.8, 4) is 0 Å². The highest BCUT2D eigenvalue weighted by atomic mass is 19.1. The Kier molecular flexibility index (Phi) is 3.48. The number of allylic oxidation sites excluding steroid dienone is 1. The molecule has 1 atom stereocenters. The molecule has 0 saturated carbocycles. The predicted molar refractivity (Wildman–Crippen MR) is 79.7 cm³/mol. The van der Waals surface area contributed by atoms with E-state index in [4.69, 9.17) is 0 Å². The lowest BCUT2D eigenvalue weighted by Crippen LogP contribution is -2.32. The Morgan fingerprint density at radius 1 is 1.36 bits per heavy atom. The molecular weight excluding hydrogens is 283 g/mol. The fraction of sp³-hybridized carbons (Fsp3) is 0.235. The molecule has 1 aliphatic rings. The number of halogens is 1. The third kappa shape index (κ3) is 2.19. The van der Waals surface area contributed by atoms with E-state index in [-0.39, 0.29) is 5.82 Å². The van der Waals surface area contributed by atoms with Crippen molar-refractivity contribution in [1.29, 1.82) is 0 Å². The van der Waals surface area contributed by atoms with Gasteiger partial charge >= 0.3 is 5.97 Å². The summed E-state index contributed by atoms with van der Waals surface area (Å²) in [5.74, 6) is -1.36. The summed E-state index contributed by atoms with van der Waals surface area (Å²) in [5, 5.41) is 9.79. The molecule has 0 spiro atoms. The first-order chi connectivity index (χ1) is 10.5. The molecule has 0 amide bonds. The fourth-order valence-electron chi connectivity index (χ4n) is 3.03. The van der Waals surface area contributed by atoms with E-state index in [9.17, 15) is 14.3 Å². The highest BCUT2D eigenvalue weighted by Gasteiger charge is 2.43. The van der Waals surface area contributed by atoms with Crippen LogP contribution in [0.4, 0.5) is 4.39 Å². The molecule has 1 aliphatic carbocycles. The van der Waals surface area contributed by atoms with Crippen molar-refractivity contribution < 1.29 is 14.3 Å². The number of carbonyl (C=O) groups is 1. The van der Waals surface area contributed by atoms with Gasteiger partial charge in [0, 0.05) is 12.4 Å². The van der Waals surface area contributed by atoms with Crippen LogP contribution in [0.5, 0.6) is 0 Å². The average Bonchev–Trinajstić information content (AvgIpc) is 2.97. The van der Waals surface area contributed by atoms with Crippen LogP contribution in [-0.2, 0) is 10.2 Å². The molecule has 0 bridgehead atoms. The van der Waals surface area contributed by atoms with Crippen LogP contribution in [0.15, 0.2) is 42.9 Å². The summed E-state index contributed by atoms with van der Waals surface area (Å²) in [4.78, 5) is 20.2. The Hall–Kier alpha value is -2.56. The lowest BCUT2D eigenvalue weighted by molar-refractivity contribution is -0.141. The minimum Gasteiger partial charge on any atom is -0.480 e. The van der Waals surface area contributed by atoms with Gasteiger partial charge in [0.1, 0.15) is 11.2 Å². The molecule has 112 valence electrons. The normalized spacial score (nSPS) is 20.7. The van der Waals surface area contributed by atoms with Crippen molar-refractivity contribution in [2.75, 3.05) is 0 Å². The maximum absolute atomic E-state index is 13.9. The van der Waals surface area contributed by atoms with E-state index in [0.717, 1.165) is 5.57 Å². The standard InChI is InChI=1S/C17H15FN2O2/c1-11-13(3-2-4-14(11)18)17(16(21)22)6-5-12(9-17)15-10-19-7-8-20-15/h2-4,7-10H,5-6H2,1H3,(H,21,22). The summed E-state index contributed by atoms with van der Waals surface area (Å²) < 4.78 is 13.9. The number of aromatic nitrogens is 2. The highest BCUT2D eigenvalue weighted by Crippen LogP contribution is 2.43. The number of carboxylic acids is 1. The number of nitrogens with zero attached hydrogens (tertiary/aromatic N) is 2. The van der Waals surface area contributed by atoms with Gasteiger partial charge in [-0.3, -0.25) is 14.8 Å². The second kappa shape index (κ2) is 5.33. The molecule has 0 aliphatic heterocycles. The lowest BCUT2D eigenvalue weighted by Gasteiger charge is -2.24. The van der Waals surface area contributed by atoms with Crippen molar-refractivity contribution in [2.24, 2.45) is 0 Å². The molecule has 22 heavy (non-hydrogen) atoms. The quantitative estimate of drug-likeness (QED) is 0.945. The van der Waals surface area contributed by atoms with E-state index in [1.165, 1.54) is 6.07 Å². The molecule has 0 fully saturated rings. The molecule has 3 rings (SSSR count). The summed E-state index contributed by atoms with van der Waals surface area (Å²) in [6.45, 7) is 1.61. The molecule has 0 radical (unpaired) electrons. The second-order valence-corrected chi connectivity index (χ2v) is 5.45. The number of rotatable bonds is 3. The molecular formula is C17H15FN2O2. The molecule has 0 saturated heterocycles. The highest BCUT2D eigenvalue weighted by molar-refractivity contribution is 5.89. The van der Waals surface area contributed by atoms with Crippen LogP contribution in [0.1, 0.15) is 29.7 Å². The van der Waals surface area contributed by atoms with Crippen LogP contribution >= 0.6 is 0 Å². The predicted octanol–water partition coefficient (Wildman–Crippen LogP) is 3.12. The van der Waals surface area contributed by atoms with E-state index in [1.807, 2.05) is 0 Å². The van der Waals surface area contributed by atoms with Gasteiger partial charge in [-0.2, -0.15) is 0 Å². The molecule has 1 aromatic carbocycles. The van der Waals surface area contributed by atoms with Gasteiger partial charge in [0.15, 0.2) is 0 Å². The minimum absolute atomic E-state index is 0.376. The topological polar surface area (TPSA) is 63.1 Å². The van der Waals surface area contributed by atoms with Gasteiger partial charge in [0.2, 0.25) is 0 Å². The van der Waals surface area contributed by atoms with Crippen LogP contribution in [0.2, 0.25) is 0 Å². The Labute approximate surface area is 127 Å². The van der Waals surface area contributed by atoms with Crippen molar-refractivity contribution >= 4 is 11.5 Å². The smallest absolute Gasteiger partial charge is 0.318 e. The third-order valence-electron chi connectivity index (χ3n) is 4.23. The SMILES string of the molecule is Cc1c(F)cccc1C1(C(=O)O)C=C(c2cnccn2)CC1. The molecule has 4 nitrogen and oxygen atoms in total. The van der Waals surface area contributed by atoms with Gasteiger partial charge in [-0.15, -0.1) is 0 Å². The molecule has 1 N–H and O–H groups in total. The summed E-state index contributed by atoms with van der Waals surface area (Å²) in [6.07, 6.45) is 7.41. The second-order valence-electron chi connectivity index (χ2n) is 5.45. The summed E-state index contributed by atoms with van der Waals surface area (Å²) in [6, 6.07) is 4.58. The Bertz CT molecular complexity index is 759. The monoisotopic (exact) mass is 298 g/mol. The van der Waals surface area contributed by atoms with E-state index in [2.05, 4.69) is 9.97 Å². The third-order valence-corrected chi connectivity index (χ3v) is 4.23. The van der Waals surface area contributed by atoms with Gasteiger partial charge in [-0.25, -0.2) is 4.39 Å². The Morgan fingerprint density at radius 3 is 2.86 bits per heavy atom. The number of benzene rings is 1. The molecule has 1 unspecified atom stereocenters. The zero-order chi connectivity index (χ0) is 15.7. The first-order valence-electron chi connectivity index (χ1n) is 7.02. The molecule has 5 heteroatoms. The lowest BCUT2D eigenvalue weighted by atomic mass is 9.78. The summed E-state index contributed by atoms with van der Waals surface area (Å²) in [5.41, 5.74) is 1.17. The van der Waals surface area contributed by atoms with Gasteiger partial charge < -0.3 is 5.11 Å². The first-order valence-corrected chi connectivity index (χ1v) is 7.02. The van der Waals surface area contributed by atoms with Crippen LogP contribution < -0.4 is 0 Å². The largest absolute Gasteiger partial charge is 0.480 e. The average molecular weight is 298 g/mol. The van der Waals surface area contributed by atoms with Crippen molar-refractivity contribution in [3.63, 3.8) is 0 Å². The van der Waals surface area contributed by atoms with Gasteiger partial charge in [0.05, 0.1) is 11.9 Å². The van der Waals surface area contributed by atoms with Gasteiger partial charge in [0.25, 0.3) is 0 Å². The molecule has 2 aromatic rings. The van der Waals surface area contributed by atoms with Crippen LogP contribution in [0.3, 0.4) is 0 Å². The Balaban J connectivity index is 2.14. The van der Waals surface area contributed by atoms with E-state index in [0.29, 0.717) is 29.7 Å². The Morgan fingerprint density at radius 2 is 2.18 bits per heavy atom. The van der Waals surface area contributed by atoms with Crippen LogP contribution in [0, 0.1) is 12.7 Å². The number of carboxylic acid groups (broad SMARTS) is 1. The van der Waals surface area contributed by atoms with Crippen LogP contribution in [0.25, 0.3) is 5.57 Å². The van der Waals surface area contributed by atoms with E-state index < -0.39 is 11.4 Å². The maximum Gasteiger partial charge on any atom is 0.318 e. The van der Waals surface area contributed by atoms with Gasteiger partial charge in [-0.1, -0.05) is 18.2 Å². The maximum atomic E-state index is 13.9. The van der Waals surface area contributed by atoms with Crippen LogP contribution in [-0.4, -0.2) is 21.0 Å². The van der Waals surface area contributed by atoms with E-state index >= 15 is 0 Å². The number of aliphatic carboxylic acids is 1. The van der Waals surface area contributed by atoms with E-state index in [1.54, 1.807) is 43.7 Å². The van der Waals surface area contributed by atoms with Crippen molar-refractivity contribution in [2.45, 2.75) is 25.2 Å². The summed E-state index contributed by atoms with van der Waals surface area (Å²) >= 11 is 0. The van der Waals surface area contributed by atoms with Gasteiger partial charge in [-0.05, 0) is 42.5 Å². The number of hydrogen-bond acceptors (Lipinski definition) is 3. The van der Waals surface area contributed by atoms with Crippen molar-refractivity contribution in [1.82, 2.24) is 9.97 Å². The zero-order valence-corrected chi connectivity index (χ0v) is 12.1. The minimum atomic E-state index is -1.21. The summed E-state index contributed by atoms with van der Waals surface area (Å²) in [7, 11) is 0.